The number of hydrogen-bond donors (Lipinski definition) is 1. The Bertz CT molecular complexity index is 627. The van der Waals surface area contributed by atoms with Crippen molar-refractivity contribution in [1.82, 2.24) is 20.1 Å². The Balaban J connectivity index is 1.89. The van der Waals surface area contributed by atoms with E-state index in [-0.39, 0.29) is 5.91 Å². The van der Waals surface area contributed by atoms with Crippen molar-refractivity contribution in [2.24, 2.45) is 7.05 Å². The Labute approximate surface area is 128 Å². The summed E-state index contributed by atoms with van der Waals surface area (Å²) in [7, 11) is 1.86. The normalized spacial score (nSPS) is 10.4. The Kier molecular flexibility index (Phi) is 5.16. The molecular formula is C14H17ClN4O2. The van der Waals surface area contributed by atoms with Crippen LogP contribution in [-0.4, -0.2) is 33.8 Å². The van der Waals surface area contributed by atoms with Gasteiger partial charge in [-0.1, -0.05) is 11.6 Å². The molecule has 2 rings (SSSR count). The fourth-order valence-corrected chi connectivity index (χ4v) is 2.04. The zero-order valence-electron chi connectivity index (χ0n) is 12.0. The van der Waals surface area contributed by atoms with Crippen LogP contribution in [0.15, 0.2) is 24.7 Å². The fraction of sp³-hybridized carbons (Fsp3) is 0.357. The number of aromatic nitrogens is 3. The minimum Gasteiger partial charge on any atom is -0.477 e. The van der Waals surface area contributed by atoms with Crippen LogP contribution in [0.5, 0.6) is 5.88 Å². The topological polar surface area (TPSA) is 69.0 Å². The van der Waals surface area contributed by atoms with E-state index >= 15 is 0 Å². The van der Waals surface area contributed by atoms with Crippen LogP contribution in [0, 0.1) is 0 Å². The molecule has 2 aromatic heterocycles. The number of nitrogens with zero attached hydrogens (tertiary/aromatic N) is 3. The summed E-state index contributed by atoms with van der Waals surface area (Å²) in [6.07, 6.45) is 5.87. The molecule has 0 aliphatic heterocycles. The molecular weight excluding hydrogens is 292 g/mol. The Morgan fingerprint density at radius 2 is 2.29 bits per heavy atom. The average Bonchev–Trinajstić information content (AvgIpc) is 2.87. The average molecular weight is 309 g/mol. The minimum absolute atomic E-state index is 0.212. The van der Waals surface area contributed by atoms with Gasteiger partial charge in [0.15, 0.2) is 0 Å². The van der Waals surface area contributed by atoms with Crippen LogP contribution in [0.3, 0.4) is 0 Å². The number of ether oxygens (including phenoxy) is 1. The molecule has 0 bridgehead atoms. The first-order valence-corrected chi connectivity index (χ1v) is 7.02. The molecule has 1 amide bonds. The standard InChI is InChI=1S/C14H17ClN4O2/c1-3-21-14-12(15)6-11(8-17-14)13(20)16-5-4-10-7-18-19(2)9-10/h6-9H,3-5H2,1-2H3,(H,16,20). The Morgan fingerprint density at radius 1 is 1.48 bits per heavy atom. The van der Waals surface area contributed by atoms with Gasteiger partial charge < -0.3 is 10.1 Å². The van der Waals surface area contributed by atoms with Gasteiger partial charge in [-0.2, -0.15) is 5.10 Å². The number of pyridine rings is 1. The molecule has 0 spiro atoms. The third-order valence-corrected chi connectivity index (χ3v) is 3.08. The summed E-state index contributed by atoms with van der Waals surface area (Å²) in [5, 5.41) is 7.22. The summed E-state index contributed by atoms with van der Waals surface area (Å²) in [6.45, 7) is 2.84. The second-order valence-corrected chi connectivity index (χ2v) is 4.88. The molecule has 0 atom stereocenters. The highest BCUT2D eigenvalue weighted by Gasteiger charge is 2.10. The van der Waals surface area contributed by atoms with Crippen molar-refractivity contribution in [3.63, 3.8) is 0 Å². The molecule has 0 saturated carbocycles. The molecule has 1 N–H and O–H groups in total. The van der Waals surface area contributed by atoms with Gasteiger partial charge in [-0.05, 0) is 25.0 Å². The van der Waals surface area contributed by atoms with E-state index < -0.39 is 0 Å². The summed E-state index contributed by atoms with van der Waals surface area (Å²) in [5.41, 5.74) is 1.48. The Hall–Kier alpha value is -2.08. The quantitative estimate of drug-likeness (QED) is 0.884. The van der Waals surface area contributed by atoms with E-state index in [9.17, 15) is 4.79 Å². The number of carbonyl (C=O) groups excluding carboxylic acids is 1. The lowest BCUT2D eigenvalue weighted by molar-refractivity contribution is 0.0953. The number of halogens is 1. The second-order valence-electron chi connectivity index (χ2n) is 4.47. The summed E-state index contributed by atoms with van der Waals surface area (Å²) in [4.78, 5) is 16.0. The lowest BCUT2D eigenvalue weighted by atomic mass is 10.2. The number of hydrogen-bond acceptors (Lipinski definition) is 4. The highest BCUT2D eigenvalue weighted by molar-refractivity contribution is 6.32. The van der Waals surface area contributed by atoms with Gasteiger partial charge in [0.2, 0.25) is 5.88 Å². The predicted octanol–water partition coefficient (Wildman–Crippen LogP) is 1.84. The summed E-state index contributed by atoms with van der Waals surface area (Å²) >= 11 is 6.01. The maximum absolute atomic E-state index is 12.0. The monoisotopic (exact) mass is 308 g/mol. The largest absolute Gasteiger partial charge is 0.477 e. The Morgan fingerprint density at radius 3 is 2.90 bits per heavy atom. The van der Waals surface area contributed by atoms with Crippen molar-refractivity contribution in [3.8, 4) is 5.88 Å². The van der Waals surface area contributed by atoms with E-state index in [4.69, 9.17) is 16.3 Å². The maximum Gasteiger partial charge on any atom is 0.252 e. The van der Waals surface area contributed by atoms with Crippen LogP contribution < -0.4 is 10.1 Å². The van der Waals surface area contributed by atoms with Crippen LogP contribution in [0.2, 0.25) is 5.02 Å². The molecule has 21 heavy (non-hydrogen) atoms. The van der Waals surface area contributed by atoms with Crippen LogP contribution >= 0.6 is 11.6 Å². The molecule has 0 aliphatic carbocycles. The van der Waals surface area contributed by atoms with Gasteiger partial charge in [0.1, 0.15) is 5.02 Å². The molecule has 2 heterocycles. The van der Waals surface area contributed by atoms with Gasteiger partial charge in [-0.3, -0.25) is 9.48 Å². The number of nitrogens with one attached hydrogen (secondary N) is 1. The zero-order chi connectivity index (χ0) is 15.2. The first kappa shape index (κ1) is 15.3. The van der Waals surface area contributed by atoms with Crippen molar-refractivity contribution in [3.05, 3.63) is 40.8 Å². The summed E-state index contributed by atoms with van der Waals surface area (Å²) in [5.74, 6) is 0.127. The highest BCUT2D eigenvalue weighted by atomic mass is 35.5. The van der Waals surface area contributed by atoms with Crippen molar-refractivity contribution >= 4 is 17.5 Å². The van der Waals surface area contributed by atoms with E-state index in [1.807, 2.05) is 20.2 Å². The highest BCUT2D eigenvalue weighted by Crippen LogP contribution is 2.22. The van der Waals surface area contributed by atoms with E-state index in [0.717, 1.165) is 12.0 Å². The molecule has 0 fully saturated rings. The molecule has 6 nitrogen and oxygen atoms in total. The predicted molar refractivity (Wildman–Crippen MR) is 79.7 cm³/mol. The number of carbonyl (C=O) groups is 1. The van der Waals surface area contributed by atoms with Crippen LogP contribution in [0.1, 0.15) is 22.8 Å². The molecule has 0 radical (unpaired) electrons. The molecule has 0 unspecified atom stereocenters. The van der Waals surface area contributed by atoms with Gasteiger partial charge in [-0.25, -0.2) is 4.98 Å². The zero-order valence-corrected chi connectivity index (χ0v) is 12.7. The van der Waals surface area contributed by atoms with Gasteiger partial charge in [0.05, 0.1) is 18.4 Å². The molecule has 7 heteroatoms. The number of aryl methyl sites for hydroxylation is 1. The first-order valence-electron chi connectivity index (χ1n) is 6.64. The van der Waals surface area contributed by atoms with Gasteiger partial charge in [0.25, 0.3) is 5.91 Å². The minimum atomic E-state index is -0.212. The molecule has 112 valence electrons. The van der Waals surface area contributed by atoms with E-state index in [1.54, 1.807) is 16.9 Å². The smallest absolute Gasteiger partial charge is 0.252 e. The van der Waals surface area contributed by atoms with Gasteiger partial charge in [0, 0.05) is 26.0 Å². The summed E-state index contributed by atoms with van der Waals surface area (Å²) in [6, 6.07) is 1.55. The van der Waals surface area contributed by atoms with Crippen molar-refractivity contribution < 1.29 is 9.53 Å². The summed E-state index contributed by atoms with van der Waals surface area (Å²) < 4.78 is 6.96. The SMILES string of the molecule is CCOc1ncc(C(=O)NCCc2cnn(C)c2)cc1Cl. The van der Waals surface area contributed by atoms with Crippen molar-refractivity contribution in [2.45, 2.75) is 13.3 Å². The van der Waals surface area contributed by atoms with Gasteiger partial charge >= 0.3 is 0 Å². The van der Waals surface area contributed by atoms with Crippen LogP contribution in [0.4, 0.5) is 0 Å². The lowest BCUT2D eigenvalue weighted by Gasteiger charge is -2.07. The van der Waals surface area contributed by atoms with Gasteiger partial charge in [-0.15, -0.1) is 0 Å². The molecule has 0 saturated heterocycles. The van der Waals surface area contributed by atoms with Crippen LogP contribution in [-0.2, 0) is 13.5 Å². The molecule has 0 aromatic carbocycles. The molecule has 2 aromatic rings. The van der Waals surface area contributed by atoms with E-state index in [2.05, 4.69) is 15.4 Å². The third kappa shape index (κ3) is 4.19. The fourth-order valence-electron chi connectivity index (χ4n) is 1.82. The number of amides is 1. The van der Waals surface area contributed by atoms with Crippen LogP contribution in [0.25, 0.3) is 0 Å². The van der Waals surface area contributed by atoms with E-state index in [0.29, 0.717) is 29.6 Å². The number of rotatable bonds is 6. The second kappa shape index (κ2) is 7.08. The lowest BCUT2D eigenvalue weighted by Crippen LogP contribution is -2.25. The molecule has 0 aliphatic rings. The van der Waals surface area contributed by atoms with E-state index in [1.165, 1.54) is 6.20 Å². The van der Waals surface area contributed by atoms with Crippen molar-refractivity contribution in [2.75, 3.05) is 13.2 Å². The maximum atomic E-state index is 12.0. The third-order valence-electron chi connectivity index (χ3n) is 2.81. The van der Waals surface area contributed by atoms with Crippen molar-refractivity contribution in [1.29, 1.82) is 0 Å². The first-order chi connectivity index (χ1) is 10.1.